The van der Waals surface area contributed by atoms with Gasteiger partial charge in [-0.2, -0.15) is 0 Å². The van der Waals surface area contributed by atoms with Gasteiger partial charge in [0.25, 0.3) is 0 Å². The molecule has 0 fully saturated rings. The Morgan fingerprint density at radius 1 is 0.605 bits per heavy atom. The lowest BCUT2D eigenvalue weighted by molar-refractivity contribution is 0.288. The first-order chi connectivity index (χ1) is 20.8. The molecule has 0 aliphatic carbocycles. The quantitative estimate of drug-likeness (QED) is 0.203. The number of pyridine rings is 2. The van der Waals surface area contributed by atoms with E-state index >= 15 is 0 Å². The summed E-state index contributed by atoms with van der Waals surface area (Å²) in [5.41, 5.74) is 6.91. The van der Waals surface area contributed by atoms with E-state index in [1.54, 1.807) is 0 Å². The van der Waals surface area contributed by atoms with Crippen molar-refractivity contribution in [3.8, 4) is 17.3 Å². The number of nitrogens with zero attached hydrogens (tertiary/aromatic N) is 4. The predicted octanol–water partition coefficient (Wildman–Crippen LogP) is 9.49. The normalized spacial score (nSPS) is 15.3. The lowest BCUT2D eigenvalue weighted by atomic mass is 9.61. The van der Waals surface area contributed by atoms with E-state index < -0.39 is 0 Å². The van der Waals surface area contributed by atoms with Crippen LogP contribution < -0.4 is 4.74 Å². The van der Waals surface area contributed by atoms with Crippen molar-refractivity contribution in [2.24, 2.45) is 0 Å². The summed E-state index contributed by atoms with van der Waals surface area (Å²) in [4.78, 5) is 9.69. The first-order valence-electron chi connectivity index (χ1n) is 14.8. The van der Waals surface area contributed by atoms with E-state index in [9.17, 15) is 0 Å². The van der Waals surface area contributed by atoms with Gasteiger partial charge in [-0.25, -0.2) is 9.97 Å². The van der Waals surface area contributed by atoms with Gasteiger partial charge in [-0.05, 0) is 59.5 Å². The molecule has 9 rings (SSSR count). The Balaban J connectivity index is 1.24. The van der Waals surface area contributed by atoms with Crippen molar-refractivity contribution >= 4 is 49.1 Å². The highest BCUT2D eigenvalue weighted by Crippen LogP contribution is 2.51. The van der Waals surface area contributed by atoms with Crippen LogP contribution in [-0.4, -0.2) is 18.9 Å². The predicted molar refractivity (Wildman–Crippen MR) is 175 cm³/mol. The van der Waals surface area contributed by atoms with Gasteiger partial charge in [-0.3, -0.25) is 8.97 Å². The van der Waals surface area contributed by atoms with E-state index in [-0.39, 0.29) is 10.8 Å². The van der Waals surface area contributed by atoms with E-state index in [1.807, 2.05) is 24.4 Å². The lowest BCUT2D eigenvalue weighted by Crippen LogP contribution is -2.44. The van der Waals surface area contributed by atoms with Gasteiger partial charge in [0.2, 0.25) is 0 Å². The number of hydrogen-bond acceptors (Lipinski definition) is 3. The fourth-order valence-electron chi connectivity index (χ4n) is 7.26. The van der Waals surface area contributed by atoms with Gasteiger partial charge in [0.05, 0.1) is 16.6 Å². The third kappa shape index (κ3) is 3.11. The minimum Gasteiger partial charge on any atom is -0.457 e. The molecule has 0 saturated heterocycles. The standard InChI is InChI=1S/C38H30N4O/c1-37(2)30-12-9-11-28-25-17-15-23(20-29(25)36-40-22-33(38(37,3)4)42(36)35(28)30)43-24-16-18-27-26-10-5-6-13-31(26)41(32(27)21-24)34-14-7-8-19-39-34/h5-22H,1-4H3. The average Bonchev–Trinajstić information content (AvgIpc) is 3.61. The molecule has 1 aliphatic heterocycles. The van der Waals surface area contributed by atoms with E-state index in [2.05, 4.69) is 127 Å². The number of fused-ring (bicyclic) bond motifs is 6. The molecule has 0 unspecified atom stereocenters. The van der Waals surface area contributed by atoms with Crippen LogP contribution in [0.1, 0.15) is 39.0 Å². The number of para-hydroxylation sites is 2. The molecule has 5 nitrogen and oxygen atoms in total. The number of benzene rings is 4. The largest absolute Gasteiger partial charge is 0.457 e. The first-order valence-corrected chi connectivity index (χ1v) is 14.8. The molecule has 5 heterocycles. The molecule has 0 spiro atoms. The molecule has 0 N–H and O–H groups in total. The van der Waals surface area contributed by atoms with Crippen molar-refractivity contribution in [1.82, 2.24) is 18.9 Å². The minimum atomic E-state index is -0.0863. The highest BCUT2D eigenvalue weighted by atomic mass is 16.5. The Morgan fingerprint density at radius 3 is 2.19 bits per heavy atom. The first kappa shape index (κ1) is 24.4. The zero-order chi connectivity index (χ0) is 29.1. The number of hydrogen-bond donors (Lipinski definition) is 0. The molecule has 4 aromatic heterocycles. The van der Waals surface area contributed by atoms with Crippen LogP contribution in [0.4, 0.5) is 0 Å². The van der Waals surface area contributed by atoms with Crippen molar-refractivity contribution in [2.45, 2.75) is 38.5 Å². The molecule has 0 amide bonds. The van der Waals surface area contributed by atoms with Crippen molar-refractivity contribution in [3.63, 3.8) is 0 Å². The SMILES string of the molecule is CC1(C)c2cccc3c4ccc(Oc5ccc6c7ccccc7n(-c7ccccn7)c6c5)cc4c4ncc(n4c23)C1(C)C. The highest BCUT2D eigenvalue weighted by Gasteiger charge is 2.46. The van der Waals surface area contributed by atoms with Crippen LogP contribution in [0.2, 0.25) is 0 Å². The van der Waals surface area contributed by atoms with Crippen LogP contribution >= 0.6 is 0 Å². The van der Waals surface area contributed by atoms with Crippen molar-refractivity contribution in [1.29, 1.82) is 0 Å². The molecule has 208 valence electrons. The van der Waals surface area contributed by atoms with Crippen LogP contribution in [0.3, 0.4) is 0 Å². The third-order valence-electron chi connectivity index (χ3n) is 10.2. The Morgan fingerprint density at radius 2 is 1.35 bits per heavy atom. The molecule has 0 radical (unpaired) electrons. The highest BCUT2D eigenvalue weighted by molar-refractivity contribution is 6.13. The van der Waals surface area contributed by atoms with Gasteiger partial charge in [0.1, 0.15) is 23.0 Å². The molecule has 4 aromatic carbocycles. The van der Waals surface area contributed by atoms with Crippen molar-refractivity contribution in [3.05, 3.63) is 121 Å². The summed E-state index contributed by atoms with van der Waals surface area (Å²) in [6.45, 7) is 9.38. The Hall–Kier alpha value is -5.16. The molecule has 0 atom stereocenters. The topological polar surface area (TPSA) is 44.3 Å². The minimum absolute atomic E-state index is 0.0391. The summed E-state index contributed by atoms with van der Waals surface area (Å²) in [6, 6.07) is 33.9. The fraction of sp³-hybridized carbons (Fsp3) is 0.158. The maximum absolute atomic E-state index is 6.59. The van der Waals surface area contributed by atoms with E-state index in [0.717, 1.165) is 39.4 Å². The Labute approximate surface area is 249 Å². The van der Waals surface area contributed by atoms with Gasteiger partial charge in [-0.15, -0.1) is 0 Å². The summed E-state index contributed by atoms with van der Waals surface area (Å²) >= 11 is 0. The average molecular weight is 559 g/mol. The van der Waals surface area contributed by atoms with Gasteiger partial charge >= 0.3 is 0 Å². The Bertz CT molecular complexity index is 2430. The van der Waals surface area contributed by atoms with Crippen molar-refractivity contribution < 1.29 is 4.74 Å². The second-order valence-corrected chi connectivity index (χ2v) is 12.8. The second kappa shape index (κ2) is 8.23. The number of ether oxygens (including phenoxy) is 1. The summed E-state index contributed by atoms with van der Waals surface area (Å²) < 4.78 is 11.2. The summed E-state index contributed by atoms with van der Waals surface area (Å²) in [5.74, 6) is 2.44. The number of aromatic nitrogens is 4. The van der Waals surface area contributed by atoms with Crippen LogP contribution in [0.15, 0.2) is 109 Å². The van der Waals surface area contributed by atoms with Gasteiger partial charge in [0.15, 0.2) is 0 Å². The number of imidazole rings is 1. The number of rotatable bonds is 3. The lowest BCUT2D eigenvalue weighted by Gasteiger charge is -2.45. The van der Waals surface area contributed by atoms with Gasteiger partial charge in [0, 0.05) is 56.5 Å². The maximum Gasteiger partial charge on any atom is 0.145 e. The zero-order valence-corrected chi connectivity index (χ0v) is 24.6. The van der Waals surface area contributed by atoms with E-state index in [4.69, 9.17) is 9.72 Å². The second-order valence-electron chi connectivity index (χ2n) is 12.8. The van der Waals surface area contributed by atoms with Crippen LogP contribution in [0.25, 0.3) is 54.9 Å². The van der Waals surface area contributed by atoms with Crippen LogP contribution in [0, 0.1) is 0 Å². The summed E-state index contributed by atoms with van der Waals surface area (Å²) in [7, 11) is 0. The monoisotopic (exact) mass is 558 g/mol. The molecular weight excluding hydrogens is 528 g/mol. The van der Waals surface area contributed by atoms with Crippen LogP contribution in [0.5, 0.6) is 11.5 Å². The van der Waals surface area contributed by atoms with Gasteiger partial charge < -0.3 is 4.74 Å². The Kier molecular flexibility index (Phi) is 4.68. The fourth-order valence-corrected chi connectivity index (χ4v) is 7.26. The molecule has 0 bridgehead atoms. The molecular formula is C38H30N4O. The zero-order valence-electron chi connectivity index (χ0n) is 24.6. The molecule has 0 saturated carbocycles. The maximum atomic E-state index is 6.59. The molecule has 5 heteroatoms. The summed E-state index contributed by atoms with van der Waals surface area (Å²) in [5, 5.41) is 5.89. The molecule has 43 heavy (non-hydrogen) atoms. The van der Waals surface area contributed by atoms with Gasteiger partial charge in [-0.1, -0.05) is 70.2 Å². The van der Waals surface area contributed by atoms with E-state index in [0.29, 0.717) is 0 Å². The molecule has 1 aliphatic rings. The van der Waals surface area contributed by atoms with E-state index in [1.165, 1.54) is 38.3 Å². The van der Waals surface area contributed by atoms with Crippen molar-refractivity contribution in [2.75, 3.05) is 0 Å². The summed E-state index contributed by atoms with van der Waals surface area (Å²) in [6.07, 6.45) is 3.91. The van der Waals surface area contributed by atoms with Crippen LogP contribution in [-0.2, 0) is 10.8 Å². The third-order valence-corrected chi connectivity index (χ3v) is 10.2. The smallest absolute Gasteiger partial charge is 0.145 e. The molecule has 8 aromatic rings.